The first-order chi connectivity index (χ1) is 6.37. The summed E-state index contributed by atoms with van der Waals surface area (Å²) in [6.07, 6.45) is 1.49. The highest BCUT2D eigenvalue weighted by atomic mass is 19.1. The van der Waals surface area contributed by atoms with Crippen molar-refractivity contribution < 1.29 is 14.3 Å². The summed E-state index contributed by atoms with van der Waals surface area (Å²) in [5, 5.41) is 12.4. The Hall–Kier alpha value is -0.640. The Morgan fingerprint density at radius 2 is 1.93 bits per heavy atom. The molecule has 0 aromatic carbocycles. The number of nitrogens with one attached hydrogen (secondary N) is 1. The van der Waals surface area contributed by atoms with Crippen LogP contribution in [-0.4, -0.2) is 29.3 Å². The van der Waals surface area contributed by atoms with Crippen molar-refractivity contribution in [2.75, 3.05) is 7.05 Å². The number of hydrogen-bond donors (Lipinski definition) is 2. The van der Waals surface area contributed by atoms with E-state index in [2.05, 4.69) is 5.32 Å². The zero-order valence-corrected chi connectivity index (χ0v) is 8.77. The van der Waals surface area contributed by atoms with Gasteiger partial charge in [0.2, 0.25) is 5.91 Å². The van der Waals surface area contributed by atoms with Gasteiger partial charge in [0.05, 0.1) is 12.0 Å². The number of halogens is 1. The molecule has 0 heterocycles. The first-order valence-electron chi connectivity index (χ1n) is 4.99. The monoisotopic (exact) mass is 203 g/mol. The van der Waals surface area contributed by atoms with Crippen LogP contribution in [0, 0.1) is 0 Å². The summed E-state index contributed by atoms with van der Waals surface area (Å²) in [7, 11) is 1.54. The van der Waals surface area contributed by atoms with E-state index in [4.69, 9.17) is 0 Å². The van der Waals surface area contributed by atoms with Crippen LogP contribution in [0.15, 0.2) is 0 Å². The minimum atomic E-state index is -1.17. The molecule has 1 rings (SSSR count). The van der Waals surface area contributed by atoms with Crippen molar-refractivity contribution >= 4 is 5.91 Å². The van der Waals surface area contributed by atoms with Crippen LogP contribution in [-0.2, 0) is 4.79 Å². The summed E-state index contributed by atoms with van der Waals surface area (Å²) >= 11 is 0. The van der Waals surface area contributed by atoms with Gasteiger partial charge in [0, 0.05) is 7.05 Å². The predicted molar refractivity (Wildman–Crippen MR) is 51.6 cm³/mol. The maximum atomic E-state index is 13.4. The Morgan fingerprint density at radius 1 is 1.43 bits per heavy atom. The molecule has 0 saturated heterocycles. The maximum Gasteiger partial charge on any atom is 0.222 e. The third kappa shape index (κ3) is 2.94. The Labute approximate surface area is 83.7 Å². The Bertz CT molecular complexity index is 218. The molecular formula is C10H18FNO2. The fourth-order valence-corrected chi connectivity index (χ4v) is 1.80. The highest BCUT2D eigenvalue weighted by Crippen LogP contribution is 2.38. The van der Waals surface area contributed by atoms with Gasteiger partial charge in [-0.3, -0.25) is 4.79 Å². The van der Waals surface area contributed by atoms with E-state index in [1.165, 1.54) is 7.05 Å². The minimum absolute atomic E-state index is 0.0829. The molecule has 14 heavy (non-hydrogen) atoms. The first kappa shape index (κ1) is 11.4. The van der Waals surface area contributed by atoms with Crippen LogP contribution >= 0.6 is 0 Å². The van der Waals surface area contributed by atoms with E-state index in [0.717, 1.165) is 0 Å². The number of rotatable bonds is 2. The van der Waals surface area contributed by atoms with Crippen LogP contribution in [0.2, 0.25) is 0 Å². The van der Waals surface area contributed by atoms with E-state index in [0.29, 0.717) is 25.7 Å². The van der Waals surface area contributed by atoms with Crippen LogP contribution in [0.1, 0.15) is 39.0 Å². The second-order valence-electron chi connectivity index (χ2n) is 4.49. The van der Waals surface area contributed by atoms with Gasteiger partial charge >= 0.3 is 0 Å². The smallest absolute Gasteiger partial charge is 0.222 e. The SMILES string of the molecule is CNC(=O)CC1(O)CCC(C)(F)CC1. The van der Waals surface area contributed by atoms with Gasteiger partial charge in [0.1, 0.15) is 5.67 Å². The van der Waals surface area contributed by atoms with Crippen molar-refractivity contribution in [3.05, 3.63) is 0 Å². The van der Waals surface area contributed by atoms with Crippen molar-refractivity contribution in [3.8, 4) is 0 Å². The van der Waals surface area contributed by atoms with Gasteiger partial charge in [-0.15, -0.1) is 0 Å². The molecule has 0 spiro atoms. The van der Waals surface area contributed by atoms with E-state index in [1.807, 2.05) is 0 Å². The Kier molecular flexibility index (Phi) is 3.14. The molecule has 3 nitrogen and oxygen atoms in total. The normalized spacial score (nSPS) is 38.0. The largest absolute Gasteiger partial charge is 0.389 e. The molecular weight excluding hydrogens is 185 g/mol. The molecule has 0 aliphatic heterocycles. The zero-order valence-electron chi connectivity index (χ0n) is 8.77. The zero-order chi connectivity index (χ0) is 10.8. The molecule has 0 aromatic heterocycles. The molecule has 0 atom stereocenters. The molecule has 0 aromatic rings. The second kappa shape index (κ2) is 3.85. The van der Waals surface area contributed by atoms with E-state index in [1.54, 1.807) is 6.92 Å². The van der Waals surface area contributed by atoms with Crippen molar-refractivity contribution in [2.45, 2.75) is 50.3 Å². The van der Waals surface area contributed by atoms with E-state index >= 15 is 0 Å². The summed E-state index contributed by atoms with van der Waals surface area (Å²) in [6, 6.07) is 0. The van der Waals surface area contributed by atoms with E-state index in [-0.39, 0.29) is 12.3 Å². The molecule has 0 radical (unpaired) electrons. The molecule has 0 bridgehead atoms. The highest BCUT2D eigenvalue weighted by molar-refractivity contribution is 5.76. The van der Waals surface area contributed by atoms with Gasteiger partial charge in [-0.25, -0.2) is 4.39 Å². The molecule has 1 aliphatic carbocycles. The lowest BCUT2D eigenvalue weighted by molar-refractivity contribution is -0.128. The lowest BCUT2D eigenvalue weighted by Gasteiger charge is -2.37. The summed E-state index contributed by atoms with van der Waals surface area (Å²) < 4.78 is 13.4. The minimum Gasteiger partial charge on any atom is -0.389 e. The molecule has 1 saturated carbocycles. The number of hydrogen-bond acceptors (Lipinski definition) is 2. The quantitative estimate of drug-likeness (QED) is 0.707. The Morgan fingerprint density at radius 3 is 2.36 bits per heavy atom. The van der Waals surface area contributed by atoms with Gasteiger partial charge in [-0.05, 0) is 32.6 Å². The number of carbonyl (C=O) groups excluding carboxylic acids is 1. The summed E-state index contributed by atoms with van der Waals surface area (Å²) in [5.41, 5.74) is -2.17. The van der Waals surface area contributed by atoms with Crippen molar-refractivity contribution in [1.82, 2.24) is 5.32 Å². The van der Waals surface area contributed by atoms with E-state index in [9.17, 15) is 14.3 Å². The lowest BCUT2D eigenvalue weighted by Crippen LogP contribution is -2.42. The average Bonchev–Trinajstić information content (AvgIpc) is 2.11. The molecule has 1 fully saturated rings. The third-order valence-corrected chi connectivity index (χ3v) is 2.99. The van der Waals surface area contributed by atoms with Crippen LogP contribution in [0.4, 0.5) is 4.39 Å². The third-order valence-electron chi connectivity index (χ3n) is 2.99. The standard InChI is InChI=1S/C10H18FNO2/c1-9(11)3-5-10(14,6-4-9)7-8(13)12-2/h14H,3-7H2,1-2H3,(H,12,13). The maximum absolute atomic E-state index is 13.4. The molecule has 1 amide bonds. The summed E-state index contributed by atoms with van der Waals surface area (Å²) in [6.45, 7) is 1.55. The number of amides is 1. The number of aliphatic hydroxyl groups is 1. The van der Waals surface area contributed by atoms with Gasteiger partial charge in [-0.1, -0.05) is 0 Å². The van der Waals surface area contributed by atoms with Crippen LogP contribution in [0.25, 0.3) is 0 Å². The number of alkyl halides is 1. The fraction of sp³-hybridized carbons (Fsp3) is 0.900. The van der Waals surface area contributed by atoms with Crippen LogP contribution < -0.4 is 5.32 Å². The van der Waals surface area contributed by atoms with Crippen molar-refractivity contribution in [2.24, 2.45) is 0 Å². The van der Waals surface area contributed by atoms with Crippen molar-refractivity contribution in [1.29, 1.82) is 0 Å². The average molecular weight is 203 g/mol. The van der Waals surface area contributed by atoms with Crippen molar-refractivity contribution in [3.63, 3.8) is 0 Å². The molecule has 1 aliphatic rings. The Balaban J connectivity index is 2.49. The summed E-state index contributed by atoms with van der Waals surface area (Å²) in [4.78, 5) is 11.1. The lowest BCUT2D eigenvalue weighted by atomic mass is 9.76. The molecule has 82 valence electrons. The van der Waals surface area contributed by atoms with Crippen LogP contribution in [0.3, 0.4) is 0 Å². The summed E-state index contributed by atoms with van der Waals surface area (Å²) in [5.74, 6) is -0.185. The van der Waals surface area contributed by atoms with Gasteiger partial charge in [-0.2, -0.15) is 0 Å². The topological polar surface area (TPSA) is 49.3 Å². The van der Waals surface area contributed by atoms with Crippen LogP contribution in [0.5, 0.6) is 0 Å². The number of carbonyl (C=O) groups is 1. The second-order valence-corrected chi connectivity index (χ2v) is 4.49. The fourth-order valence-electron chi connectivity index (χ4n) is 1.80. The highest BCUT2D eigenvalue weighted by Gasteiger charge is 2.40. The van der Waals surface area contributed by atoms with Gasteiger partial charge in [0.25, 0.3) is 0 Å². The molecule has 4 heteroatoms. The predicted octanol–water partition coefficient (Wildman–Crippen LogP) is 1.16. The van der Waals surface area contributed by atoms with Gasteiger partial charge in [0.15, 0.2) is 0 Å². The molecule has 2 N–H and O–H groups in total. The molecule has 0 unspecified atom stereocenters. The first-order valence-corrected chi connectivity index (χ1v) is 4.99. The van der Waals surface area contributed by atoms with Gasteiger partial charge < -0.3 is 10.4 Å². The van der Waals surface area contributed by atoms with E-state index < -0.39 is 11.3 Å².